The molecule has 4 amide bonds. The molecule has 42 heavy (non-hydrogen) atoms. The molecular formula is C30H23FN4O6S. The molecule has 0 unspecified atom stereocenters. The average Bonchev–Trinajstić information content (AvgIpc) is 3.62. The van der Waals surface area contributed by atoms with Crippen molar-refractivity contribution < 1.29 is 33.0 Å². The van der Waals surface area contributed by atoms with Gasteiger partial charge in [0.1, 0.15) is 18.9 Å². The number of para-hydroxylation sites is 1. The summed E-state index contributed by atoms with van der Waals surface area (Å²) < 4.78 is 25.7. The number of imide groups is 1. The molecule has 3 heterocycles. The highest BCUT2D eigenvalue weighted by Gasteiger charge is 2.36. The summed E-state index contributed by atoms with van der Waals surface area (Å²) in [5.41, 5.74) is 3.09. The van der Waals surface area contributed by atoms with Crippen molar-refractivity contribution in [2.45, 2.75) is 13.5 Å². The minimum atomic E-state index is -0.601. The highest BCUT2D eigenvalue weighted by Crippen LogP contribution is 2.36. The molecule has 6 rings (SSSR count). The first-order valence-corrected chi connectivity index (χ1v) is 13.7. The lowest BCUT2D eigenvalue weighted by Gasteiger charge is -2.12. The second-order valence-electron chi connectivity index (χ2n) is 9.54. The molecule has 1 aromatic heterocycles. The number of amides is 4. The standard InChI is InChI=1S/C30H23FN4O6S/c1-17-22(13-26-29(38)35(30(39)42-26)15-28(37)32-19-8-6-18(31)7-9-19)21-4-2-3-5-23(21)34(17)14-27(36)33-20-10-11-24-25(12-20)41-16-40-24/h2-13H,14-16H2,1H3,(H,32,37)(H,33,36)/b26-13-. The Bertz CT molecular complexity index is 1800. The number of thioether (sulfide) groups is 1. The van der Waals surface area contributed by atoms with E-state index in [0.29, 0.717) is 28.4 Å². The van der Waals surface area contributed by atoms with Crippen molar-refractivity contribution in [3.05, 3.63) is 88.7 Å². The predicted octanol–water partition coefficient (Wildman–Crippen LogP) is 5.13. The molecular weight excluding hydrogens is 563 g/mol. The van der Waals surface area contributed by atoms with Gasteiger partial charge in [-0.25, -0.2) is 4.39 Å². The molecule has 2 N–H and O–H groups in total. The van der Waals surface area contributed by atoms with Crippen molar-refractivity contribution in [1.82, 2.24) is 9.47 Å². The molecule has 12 heteroatoms. The normalized spacial score (nSPS) is 15.1. The van der Waals surface area contributed by atoms with Gasteiger partial charge in [-0.3, -0.25) is 24.1 Å². The van der Waals surface area contributed by atoms with Crippen molar-refractivity contribution >= 4 is 63.1 Å². The van der Waals surface area contributed by atoms with Gasteiger partial charge >= 0.3 is 0 Å². The minimum absolute atomic E-state index is 0.000334. The van der Waals surface area contributed by atoms with Gasteiger partial charge < -0.3 is 24.7 Å². The van der Waals surface area contributed by atoms with Crippen molar-refractivity contribution in [1.29, 1.82) is 0 Å². The van der Waals surface area contributed by atoms with Gasteiger partial charge in [0, 0.05) is 39.6 Å². The Morgan fingerprint density at radius 1 is 0.929 bits per heavy atom. The van der Waals surface area contributed by atoms with Crippen LogP contribution in [0.4, 0.5) is 20.6 Å². The summed E-state index contributed by atoms with van der Waals surface area (Å²) in [4.78, 5) is 52.4. The minimum Gasteiger partial charge on any atom is -0.454 e. The van der Waals surface area contributed by atoms with Crippen LogP contribution in [0.1, 0.15) is 11.3 Å². The number of hydrogen-bond acceptors (Lipinski definition) is 7. The van der Waals surface area contributed by atoms with Gasteiger partial charge in [0.2, 0.25) is 18.6 Å². The zero-order valence-electron chi connectivity index (χ0n) is 22.2. The molecule has 2 aliphatic heterocycles. The molecule has 0 atom stereocenters. The quantitative estimate of drug-likeness (QED) is 0.288. The Hall–Kier alpha value is -5.10. The fourth-order valence-electron chi connectivity index (χ4n) is 4.81. The largest absolute Gasteiger partial charge is 0.454 e. The zero-order valence-corrected chi connectivity index (χ0v) is 23.0. The van der Waals surface area contributed by atoms with Crippen LogP contribution < -0.4 is 20.1 Å². The van der Waals surface area contributed by atoms with Crippen LogP contribution in [0.3, 0.4) is 0 Å². The summed E-state index contributed by atoms with van der Waals surface area (Å²) in [5, 5.41) is 5.64. The van der Waals surface area contributed by atoms with E-state index in [0.717, 1.165) is 33.3 Å². The Labute approximate surface area is 243 Å². The number of fused-ring (bicyclic) bond motifs is 2. The SMILES string of the molecule is Cc1c(/C=C2\SC(=O)N(CC(=O)Nc3ccc(F)cc3)C2=O)c2ccccc2n1CC(=O)Nc1ccc2c(c1)OCO2. The van der Waals surface area contributed by atoms with Crippen LogP contribution >= 0.6 is 11.8 Å². The highest BCUT2D eigenvalue weighted by atomic mass is 32.2. The number of ether oxygens (including phenoxy) is 2. The lowest BCUT2D eigenvalue weighted by atomic mass is 10.1. The van der Waals surface area contributed by atoms with E-state index in [9.17, 15) is 23.6 Å². The van der Waals surface area contributed by atoms with Crippen molar-refractivity contribution in [2.75, 3.05) is 24.0 Å². The number of anilines is 2. The van der Waals surface area contributed by atoms with Gasteiger partial charge in [-0.05, 0) is 67.2 Å². The van der Waals surface area contributed by atoms with Crippen molar-refractivity contribution in [3.8, 4) is 11.5 Å². The number of rotatable bonds is 7. The number of hydrogen-bond donors (Lipinski definition) is 2. The Morgan fingerprint density at radius 2 is 1.62 bits per heavy atom. The number of halogens is 1. The van der Waals surface area contributed by atoms with Gasteiger partial charge in [-0.1, -0.05) is 18.2 Å². The first-order valence-electron chi connectivity index (χ1n) is 12.8. The molecule has 10 nitrogen and oxygen atoms in total. The molecule has 0 saturated carbocycles. The van der Waals surface area contributed by atoms with Crippen LogP contribution in [0, 0.1) is 12.7 Å². The lowest BCUT2D eigenvalue weighted by molar-refractivity contribution is -0.127. The zero-order chi connectivity index (χ0) is 29.4. The summed E-state index contributed by atoms with van der Waals surface area (Å²) in [5.74, 6) is -0.743. The van der Waals surface area contributed by atoms with Gasteiger partial charge in [-0.2, -0.15) is 0 Å². The molecule has 4 aromatic rings. The van der Waals surface area contributed by atoms with Crippen molar-refractivity contribution in [2.24, 2.45) is 0 Å². The molecule has 3 aromatic carbocycles. The smallest absolute Gasteiger partial charge is 0.294 e. The molecule has 212 valence electrons. The van der Waals surface area contributed by atoms with Crippen LogP contribution in [-0.2, 0) is 20.9 Å². The number of carbonyl (C=O) groups excluding carboxylic acids is 4. The van der Waals surface area contributed by atoms with E-state index in [1.807, 2.05) is 35.8 Å². The van der Waals surface area contributed by atoms with E-state index in [-0.39, 0.29) is 24.2 Å². The molecule has 2 aliphatic rings. The Kier molecular flexibility index (Phi) is 7.13. The molecule has 0 bridgehead atoms. The summed E-state index contributed by atoms with van der Waals surface area (Å²) in [6, 6.07) is 17.8. The third-order valence-corrected chi connectivity index (χ3v) is 7.72. The second kappa shape index (κ2) is 11.1. The lowest BCUT2D eigenvalue weighted by Crippen LogP contribution is -2.36. The van der Waals surface area contributed by atoms with Gasteiger partial charge in [-0.15, -0.1) is 0 Å². The van der Waals surface area contributed by atoms with E-state index < -0.39 is 29.4 Å². The van der Waals surface area contributed by atoms with E-state index in [1.165, 1.54) is 24.3 Å². The van der Waals surface area contributed by atoms with Crippen LogP contribution in [0.5, 0.6) is 11.5 Å². The number of benzene rings is 3. The molecule has 1 fully saturated rings. The topological polar surface area (TPSA) is 119 Å². The number of carbonyl (C=O) groups is 4. The van der Waals surface area contributed by atoms with Crippen LogP contribution in [0.15, 0.2) is 71.6 Å². The monoisotopic (exact) mass is 586 g/mol. The fourth-order valence-corrected chi connectivity index (χ4v) is 5.63. The molecule has 0 radical (unpaired) electrons. The molecule has 0 spiro atoms. The maximum atomic E-state index is 13.2. The molecule has 0 aliphatic carbocycles. The van der Waals surface area contributed by atoms with E-state index >= 15 is 0 Å². The summed E-state index contributed by atoms with van der Waals surface area (Å²) in [6.45, 7) is 1.48. The summed E-state index contributed by atoms with van der Waals surface area (Å²) in [7, 11) is 0. The van der Waals surface area contributed by atoms with E-state index in [2.05, 4.69) is 10.6 Å². The number of nitrogens with zero attached hydrogens (tertiary/aromatic N) is 2. The Balaban J connectivity index is 1.21. The Morgan fingerprint density at radius 3 is 2.43 bits per heavy atom. The van der Waals surface area contributed by atoms with Crippen molar-refractivity contribution in [3.63, 3.8) is 0 Å². The molecule has 1 saturated heterocycles. The fraction of sp³-hybridized carbons (Fsp3) is 0.133. The summed E-state index contributed by atoms with van der Waals surface area (Å²) in [6.07, 6.45) is 1.62. The van der Waals surface area contributed by atoms with Crippen LogP contribution in [0.2, 0.25) is 0 Å². The third-order valence-electron chi connectivity index (χ3n) is 6.82. The first kappa shape index (κ1) is 27.1. The summed E-state index contributed by atoms with van der Waals surface area (Å²) >= 11 is 0.737. The van der Waals surface area contributed by atoms with Gasteiger partial charge in [0.15, 0.2) is 11.5 Å². The third kappa shape index (κ3) is 5.31. The van der Waals surface area contributed by atoms with E-state index in [1.54, 1.807) is 24.3 Å². The average molecular weight is 587 g/mol. The second-order valence-corrected chi connectivity index (χ2v) is 10.5. The first-order chi connectivity index (χ1) is 20.3. The van der Waals surface area contributed by atoms with Crippen LogP contribution in [-0.4, -0.2) is 45.8 Å². The number of aromatic nitrogens is 1. The van der Waals surface area contributed by atoms with Gasteiger partial charge in [0.05, 0.1) is 4.91 Å². The highest BCUT2D eigenvalue weighted by molar-refractivity contribution is 8.18. The van der Waals surface area contributed by atoms with E-state index in [4.69, 9.17) is 9.47 Å². The maximum absolute atomic E-state index is 13.2. The maximum Gasteiger partial charge on any atom is 0.294 e. The van der Waals surface area contributed by atoms with Gasteiger partial charge in [0.25, 0.3) is 11.1 Å². The van der Waals surface area contributed by atoms with Crippen LogP contribution in [0.25, 0.3) is 17.0 Å². The predicted molar refractivity (Wildman–Crippen MR) is 156 cm³/mol. The number of nitrogens with one attached hydrogen (secondary N) is 2.